The highest BCUT2D eigenvalue weighted by Gasteiger charge is 2.51. The highest BCUT2D eigenvalue weighted by molar-refractivity contribution is 5.98. The lowest BCUT2D eigenvalue weighted by molar-refractivity contribution is -0.122. The zero-order valence-corrected chi connectivity index (χ0v) is 18.7. The van der Waals surface area contributed by atoms with Gasteiger partial charge in [0.05, 0.1) is 23.3 Å². The molecule has 0 bridgehead atoms. The minimum Gasteiger partial charge on any atom is -0.290 e. The zero-order valence-electron chi connectivity index (χ0n) is 18.7. The molecular weight excluding hydrogens is 452 g/mol. The number of alkyl halides is 2. The molecule has 1 amide bonds. The predicted octanol–water partition coefficient (Wildman–Crippen LogP) is 4.60. The first-order valence-electron chi connectivity index (χ1n) is 10.9. The van der Waals surface area contributed by atoms with Crippen LogP contribution in [0.3, 0.4) is 0 Å². The Morgan fingerprint density at radius 1 is 1.20 bits per heavy atom. The molecule has 0 saturated heterocycles. The second-order valence-corrected chi connectivity index (χ2v) is 8.49. The van der Waals surface area contributed by atoms with Crippen LogP contribution in [-0.4, -0.2) is 26.3 Å². The molecule has 8 nitrogen and oxygen atoms in total. The van der Waals surface area contributed by atoms with Gasteiger partial charge in [0.1, 0.15) is 12.7 Å². The maximum absolute atomic E-state index is 14.3. The Morgan fingerprint density at radius 3 is 2.57 bits per heavy atom. The smallest absolute Gasteiger partial charge is 0.264 e. The number of nitriles is 2. The summed E-state index contributed by atoms with van der Waals surface area (Å²) in [6.45, 7) is 1.07. The van der Waals surface area contributed by atoms with E-state index in [2.05, 4.69) is 27.5 Å². The average Bonchev–Trinajstić information content (AvgIpc) is 3.51. The summed E-state index contributed by atoms with van der Waals surface area (Å²) in [6.07, 6.45) is 0.281. The maximum atomic E-state index is 14.3. The van der Waals surface area contributed by atoms with Crippen LogP contribution in [0.1, 0.15) is 42.5 Å². The van der Waals surface area contributed by atoms with Gasteiger partial charge in [-0.05, 0) is 55.2 Å². The lowest BCUT2D eigenvalue weighted by Gasteiger charge is -2.34. The molecule has 1 N–H and O–H groups in total. The van der Waals surface area contributed by atoms with Crippen molar-refractivity contribution in [3.8, 4) is 12.1 Å². The molecule has 2 aromatic carbocycles. The quantitative estimate of drug-likeness (QED) is 0.582. The molecule has 1 fully saturated rings. The summed E-state index contributed by atoms with van der Waals surface area (Å²) in [7, 11) is 0. The molecule has 1 aliphatic heterocycles. The first-order chi connectivity index (χ1) is 16.9. The molecule has 2 aliphatic rings. The van der Waals surface area contributed by atoms with Crippen molar-refractivity contribution in [3.63, 3.8) is 0 Å². The van der Waals surface area contributed by atoms with Gasteiger partial charge in [-0.3, -0.25) is 15.0 Å². The molecule has 5 rings (SSSR count). The molecular formula is C25H19F2N7O. The number of rotatable bonds is 5. The van der Waals surface area contributed by atoms with E-state index in [0.29, 0.717) is 33.6 Å². The number of nitrogens with one attached hydrogen (secondary N) is 1. The van der Waals surface area contributed by atoms with Crippen LogP contribution in [0.4, 0.5) is 26.4 Å². The fourth-order valence-electron chi connectivity index (χ4n) is 4.11. The van der Waals surface area contributed by atoms with E-state index in [1.165, 1.54) is 4.68 Å². The van der Waals surface area contributed by atoms with Crippen LogP contribution < -0.4 is 10.2 Å². The Kier molecular flexibility index (Phi) is 5.29. The van der Waals surface area contributed by atoms with Crippen LogP contribution in [0.15, 0.2) is 59.8 Å². The molecule has 10 heteroatoms. The number of allylic oxidation sites excluding steroid dienone is 2. The number of halogens is 2. The highest BCUT2D eigenvalue weighted by atomic mass is 19.1. The standard InChI is InChI=1S/C25H19F2N7O/c1-15-20(14-29)21(18-7-5-16(13-28)6-8-18)34-24(33(15)19-4-2-3-17(11-19)12-26)31-23(32-34)30-22(35)25(27)9-10-25/h2-8,11,21H,9-10,12H2,1H3,(H,30,32,35)/t21-/m1/s1. The summed E-state index contributed by atoms with van der Waals surface area (Å²) in [5.74, 6) is -0.649. The number of aromatic nitrogens is 3. The minimum absolute atomic E-state index is 0.105. The lowest BCUT2D eigenvalue weighted by atomic mass is 9.95. The topological polar surface area (TPSA) is 111 Å². The SMILES string of the molecule is CC1=C(C#N)[C@@H](c2ccc(C#N)cc2)n2nc(NC(=O)C3(F)CC3)nc2N1c1cccc(CF)c1. The minimum atomic E-state index is -1.92. The first-order valence-corrected chi connectivity index (χ1v) is 10.9. The van der Waals surface area contributed by atoms with Crippen molar-refractivity contribution in [2.75, 3.05) is 10.2 Å². The van der Waals surface area contributed by atoms with Crippen molar-refractivity contribution in [2.45, 2.75) is 38.2 Å². The summed E-state index contributed by atoms with van der Waals surface area (Å²) in [5, 5.41) is 26.1. The lowest BCUT2D eigenvalue weighted by Crippen LogP contribution is -2.31. The third-order valence-corrected chi connectivity index (χ3v) is 6.18. The molecule has 0 radical (unpaired) electrons. The van der Waals surface area contributed by atoms with Gasteiger partial charge >= 0.3 is 0 Å². The number of nitrogens with zero attached hydrogens (tertiary/aromatic N) is 6. The van der Waals surface area contributed by atoms with E-state index in [1.54, 1.807) is 60.4 Å². The van der Waals surface area contributed by atoms with E-state index in [0.717, 1.165) is 0 Å². The highest BCUT2D eigenvalue weighted by Crippen LogP contribution is 2.43. The number of carbonyl (C=O) groups is 1. The Hall–Kier alpha value is -4.57. The first kappa shape index (κ1) is 22.2. The largest absolute Gasteiger partial charge is 0.290 e. The van der Waals surface area contributed by atoms with Crippen LogP contribution in [-0.2, 0) is 11.5 Å². The Morgan fingerprint density at radius 2 is 1.94 bits per heavy atom. The number of anilines is 3. The van der Waals surface area contributed by atoms with Crippen molar-refractivity contribution < 1.29 is 13.6 Å². The summed E-state index contributed by atoms with van der Waals surface area (Å²) < 4.78 is 29.2. The number of carbonyl (C=O) groups excluding carboxylic acids is 1. The fraction of sp³-hybridized carbons (Fsp3) is 0.240. The molecule has 1 atom stereocenters. The average molecular weight is 471 g/mol. The van der Waals surface area contributed by atoms with Crippen LogP contribution >= 0.6 is 0 Å². The Balaban J connectivity index is 1.67. The predicted molar refractivity (Wildman–Crippen MR) is 123 cm³/mol. The van der Waals surface area contributed by atoms with Gasteiger partial charge in [-0.15, -0.1) is 5.10 Å². The van der Waals surface area contributed by atoms with E-state index in [9.17, 15) is 18.8 Å². The summed E-state index contributed by atoms with van der Waals surface area (Å²) in [6, 6.07) is 17.0. The second kappa shape index (κ2) is 8.33. The summed E-state index contributed by atoms with van der Waals surface area (Å²) in [4.78, 5) is 18.4. The summed E-state index contributed by atoms with van der Waals surface area (Å²) >= 11 is 0. The van der Waals surface area contributed by atoms with Crippen LogP contribution in [0.25, 0.3) is 0 Å². The van der Waals surface area contributed by atoms with Crippen molar-refractivity contribution in [3.05, 3.63) is 76.5 Å². The van der Waals surface area contributed by atoms with Gasteiger partial charge in [-0.2, -0.15) is 15.5 Å². The van der Waals surface area contributed by atoms with E-state index >= 15 is 0 Å². The van der Waals surface area contributed by atoms with Gasteiger partial charge in [0, 0.05) is 11.4 Å². The van der Waals surface area contributed by atoms with Crippen molar-refractivity contribution in [1.82, 2.24) is 14.8 Å². The van der Waals surface area contributed by atoms with E-state index in [4.69, 9.17) is 5.26 Å². The molecule has 1 aromatic heterocycles. The van der Waals surface area contributed by atoms with Crippen LogP contribution in [0.5, 0.6) is 0 Å². The van der Waals surface area contributed by atoms with Crippen molar-refractivity contribution in [1.29, 1.82) is 10.5 Å². The van der Waals surface area contributed by atoms with Crippen LogP contribution in [0, 0.1) is 22.7 Å². The normalized spacial score (nSPS) is 17.9. The second-order valence-electron chi connectivity index (χ2n) is 8.49. The third-order valence-electron chi connectivity index (χ3n) is 6.18. The van der Waals surface area contributed by atoms with E-state index in [1.807, 2.05) is 0 Å². The summed E-state index contributed by atoms with van der Waals surface area (Å²) in [5.41, 5.74) is 1.09. The monoisotopic (exact) mass is 471 g/mol. The van der Waals surface area contributed by atoms with Crippen molar-refractivity contribution in [2.24, 2.45) is 0 Å². The molecule has 35 heavy (non-hydrogen) atoms. The van der Waals surface area contributed by atoms with Gasteiger partial charge in [0.15, 0.2) is 5.67 Å². The van der Waals surface area contributed by atoms with Gasteiger partial charge in [-0.25, -0.2) is 13.5 Å². The van der Waals surface area contributed by atoms with Gasteiger partial charge in [-0.1, -0.05) is 24.3 Å². The molecule has 3 aromatic rings. The third kappa shape index (κ3) is 3.79. The Labute approximate surface area is 199 Å². The van der Waals surface area contributed by atoms with E-state index < -0.39 is 24.3 Å². The maximum Gasteiger partial charge on any atom is 0.264 e. The van der Waals surface area contributed by atoms with Crippen molar-refractivity contribution >= 4 is 23.5 Å². The number of amides is 1. The molecule has 1 aliphatic carbocycles. The fourth-order valence-corrected chi connectivity index (χ4v) is 4.11. The molecule has 2 heterocycles. The number of hydrogen-bond acceptors (Lipinski definition) is 6. The number of benzene rings is 2. The van der Waals surface area contributed by atoms with E-state index in [-0.39, 0.29) is 24.7 Å². The zero-order chi connectivity index (χ0) is 24.7. The number of fused-ring (bicyclic) bond motifs is 1. The molecule has 0 spiro atoms. The van der Waals surface area contributed by atoms with Gasteiger partial charge < -0.3 is 0 Å². The van der Waals surface area contributed by atoms with Gasteiger partial charge in [0.25, 0.3) is 11.9 Å². The molecule has 0 unspecified atom stereocenters. The molecule has 174 valence electrons. The molecule has 1 saturated carbocycles. The van der Waals surface area contributed by atoms with Gasteiger partial charge in [0.2, 0.25) is 5.95 Å². The number of hydrogen-bond donors (Lipinski definition) is 1. The Bertz CT molecular complexity index is 1440. The van der Waals surface area contributed by atoms with Crippen LogP contribution in [0.2, 0.25) is 0 Å².